The van der Waals surface area contributed by atoms with E-state index in [2.05, 4.69) is 0 Å². The van der Waals surface area contributed by atoms with Crippen LogP contribution in [0.15, 0.2) is 30.3 Å². The van der Waals surface area contributed by atoms with E-state index in [4.69, 9.17) is 4.74 Å². The summed E-state index contributed by atoms with van der Waals surface area (Å²) < 4.78 is 5.50. The number of nitrogens with zero attached hydrogens (tertiary/aromatic N) is 1. The lowest BCUT2D eigenvalue weighted by Crippen LogP contribution is -2.52. The maximum Gasteiger partial charge on any atom is 0.411 e. The first kappa shape index (κ1) is 14.1. The van der Waals surface area contributed by atoms with E-state index in [1.54, 1.807) is 4.90 Å². The maximum atomic E-state index is 12.6. The lowest BCUT2D eigenvalue weighted by atomic mass is 9.87. The van der Waals surface area contributed by atoms with Crippen molar-refractivity contribution in [3.05, 3.63) is 35.9 Å². The average molecular weight is 287 g/mol. The van der Waals surface area contributed by atoms with Gasteiger partial charge in [-0.25, -0.2) is 4.79 Å². The third kappa shape index (κ3) is 2.23. The van der Waals surface area contributed by atoms with E-state index in [0.29, 0.717) is 13.0 Å². The first-order chi connectivity index (χ1) is 9.83. The van der Waals surface area contributed by atoms with Crippen LogP contribution in [0.3, 0.4) is 0 Å². The molecule has 0 N–H and O–H groups in total. The van der Waals surface area contributed by atoms with Crippen LogP contribution in [0, 0.1) is 5.92 Å². The van der Waals surface area contributed by atoms with Crippen molar-refractivity contribution in [2.75, 3.05) is 6.54 Å². The summed E-state index contributed by atoms with van der Waals surface area (Å²) in [5.74, 6) is 0.390. The molecule has 0 spiro atoms. The van der Waals surface area contributed by atoms with Crippen molar-refractivity contribution in [2.24, 2.45) is 5.92 Å². The Morgan fingerprint density at radius 1 is 1.29 bits per heavy atom. The molecule has 1 aliphatic heterocycles. The molecule has 1 saturated carbocycles. The predicted molar refractivity (Wildman–Crippen MR) is 78.8 cm³/mol. The number of fused-ring (bicyclic) bond motifs is 2. The van der Waals surface area contributed by atoms with Gasteiger partial charge in [0.2, 0.25) is 0 Å². The van der Waals surface area contributed by atoms with Crippen LogP contribution in [0.1, 0.15) is 39.2 Å². The molecule has 2 fully saturated rings. The fourth-order valence-electron chi connectivity index (χ4n) is 3.53. The number of ketones is 1. The Morgan fingerprint density at radius 2 is 1.95 bits per heavy atom. The number of ether oxygens (including phenoxy) is 1. The number of hydrogen-bond acceptors (Lipinski definition) is 3. The highest BCUT2D eigenvalue weighted by Crippen LogP contribution is 2.50. The normalized spacial score (nSPS) is 28.0. The van der Waals surface area contributed by atoms with Crippen LogP contribution in [0.2, 0.25) is 0 Å². The van der Waals surface area contributed by atoms with Gasteiger partial charge in [0.1, 0.15) is 11.1 Å². The molecule has 4 heteroatoms. The van der Waals surface area contributed by atoms with E-state index < -0.39 is 11.1 Å². The molecule has 1 aromatic rings. The summed E-state index contributed by atoms with van der Waals surface area (Å²) in [6, 6.07) is 9.61. The minimum atomic E-state index is -0.811. The zero-order chi connectivity index (χ0) is 15.3. The number of carbonyl (C=O) groups is 2. The van der Waals surface area contributed by atoms with E-state index in [9.17, 15) is 9.59 Å². The van der Waals surface area contributed by atoms with Crippen LogP contribution in [0.25, 0.3) is 0 Å². The smallest absolute Gasteiger partial charge is 0.411 e. The number of carbonyl (C=O) groups excluding carboxylic acids is 2. The Morgan fingerprint density at radius 3 is 2.52 bits per heavy atom. The van der Waals surface area contributed by atoms with E-state index in [1.165, 1.54) is 0 Å². The highest BCUT2D eigenvalue weighted by Gasteiger charge is 2.60. The second kappa shape index (κ2) is 4.58. The van der Waals surface area contributed by atoms with Crippen molar-refractivity contribution in [1.82, 2.24) is 4.90 Å². The second-order valence-electron chi connectivity index (χ2n) is 7.01. The van der Waals surface area contributed by atoms with Crippen molar-refractivity contribution in [3.63, 3.8) is 0 Å². The van der Waals surface area contributed by atoms with Crippen LogP contribution >= 0.6 is 0 Å². The first-order valence-electron chi connectivity index (χ1n) is 7.42. The highest BCUT2D eigenvalue weighted by atomic mass is 16.6. The van der Waals surface area contributed by atoms with E-state index in [0.717, 1.165) is 12.0 Å². The zero-order valence-electron chi connectivity index (χ0n) is 12.8. The van der Waals surface area contributed by atoms with Crippen LogP contribution in [-0.2, 0) is 15.1 Å². The lowest BCUT2D eigenvalue weighted by molar-refractivity contribution is -0.129. The van der Waals surface area contributed by atoms with Crippen molar-refractivity contribution < 1.29 is 14.3 Å². The van der Waals surface area contributed by atoms with E-state index >= 15 is 0 Å². The van der Waals surface area contributed by atoms with Gasteiger partial charge in [0.05, 0.1) is 0 Å². The van der Waals surface area contributed by atoms with Gasteiger partial charge >= 0.3 is 6.09 Å². The lowest BCUT2D eigenvalue weighted by Gasteiger charge is -2.38. The third-order valence-electron chi connectivity index (χ3n) is 4.29. The zero-order valence-corrected chi connectivity index (χ0v) is 12.8. The summed E-state index contributed by atoms with van der Waals surface area (Å²) in [6.45, 7) is 6.14. The van der Waals surface area contributed by atoms with Gasteiger partial charge < -0.3 is 4.74 Å². The molecule has 2 unspecified atom stereocenters. The molecule has 4 nitrogen and oxygen atoms in total. The quantitative estimate of drug-likeness (QED) is 0.797. The van der Waals surface area contributed by atoms with Gasteiger partial charge in [-0.2, -0.15) is 0 Å². The Bertz CT molecular complexity index is 575. The minimum Gasteiger partial charge on any atom is -0.444 e. The third-order valence-corrected chi connectivity index (χ3v) is 4.29. The number of Topliss-reactive ketones (excluding diaryl/α,β-unsaturated/α-hetero) is 1. The average Bonchev–Trinajstić information content (AvgIpc) is 2.93. The number of benzene rings is 1. The monoisotopic (exact) mass is 287 g/mol. The molecule has 1 saturated heterocycles. The molecule has 21 heavy (non-hydrogen) atoms. The molecule has 1 amide bonds. The molecule has 1 aromatic carbocycles. The molecule has 0 radical (unpaired) electrons. The first-order valence-corrected chi connectivity index (χ1v) is 7.42. The fourth-order valence-corrected chi connectivity index (χ4v) is 3.53. The summed E-state index contributed by atoms with van der Waals surface area (Å²) in [5.41, 5.74) is -0.463. The van der Waals surface area contributed by atoms with Crippen LogP contribution in [0.5, 0.6) is 0 Å². The van der Waals surface area contributed by atoms with Gasteiger partial charge in [-0.3, -0.25) is 9.69 Å². The second-order valence-corrected chi connectivity index (χ2v) is 7.01. The maximum absolute atomic E-state index is 12.6. The fraction of sp³-hybridized carbons (Fsp3) is 0.529. The number of piperidine rings is 1. The van der Waals surface area contributed by atoms with Crippen molar-refractivity contribution in [2.45, 2.75) is 44.8 Å². The SMILES string of the molecule is CC(C)(C)OC(=O)N1CC2CC(=O)C1(c1ccccc1)C2. The van der Waals surface area contributed by atoms with Gasteiger partial charge in [0, 0.05) is 13.0 Å². The van der Waals surface area contributed by atoms with Crippen molar-refractivity contribution in [3.8, 4) is 0 Å². The molecule has 2 aliphatic rings. The van der Waals surface area contributed by atoms with Crippen LogP contribution in [-0.4, -0.2) is 28.9 Å². The van der Waals surface area contributed by atoms with Crippen molar-refractivity contribution >= 4 is 11.9 Å². The van der Waals surface area contributed by atoms with Crippen molar-refractivity contribution in [1.29, 1.82) is 0 Å². The molecule has 1 aliphatic carbocycles. The van der Waals surface area contributed by atoms with Crippen LogP contribution in [0.4, 0.5) is 4.79 Å². The number of hydrogen-bond donors (Lipinski definition) is 0. The van der Waals surface area contributed by atoms with E-state index in [-0.39, 0.29) is 17.8 Å². The summed E-state index contributed by atoms with van der Waals surface area (Å²) in [5, 5.41) is 0. The molecule has 0 aromatic heterocycles. The number of likely N-dealkylation sites (tertiary alicyclic amines) is 1. The molecule has 3 rings (SSSR count). The standard InChI is InChI=1S/C17H21NO3/c1-16(2,3)21-15(20)18-11-12-9-14(19)17(18,10-12)13-7-5-4-6-8-13/h4-8,12H,9-11H2,1-3H3. The Balaban J connectivity index is 1.98. The van der Waals surface area contributed by atoms with Gasteiger partial charge in [0.25, 0.3) is 0 Å². The van der Waals surface area contributed by atoms with Gasteiger partial charge in [-0.15, -0.1) is 0 Å². The predicted octanol–water partition coefficient (Wildman–Crippen LogP) is 3.11. The van der Waals surface area contributed by atoms with Gasteiger partial charge in [0.15, 0.2) is 5.78 Å². The number of rotatable bonds is 1. The molecule has 2 atom stereocenters. The van der Waals surface area contributed by atoms with Gasteiger partial charge in [-0.05, 0) is 38.7 Å². The molecular weight excluding hydrogens is 266 g/mol. The summed E-state index contributed by atoms with van der Waals surface area (Å²) in [6.07, 6.45) is 0.894. The summed E-state index contributed by atoms with van der Waals surface area (Å²) in [4.78, 5) is 26.8. The molecular formula is C17H21NO3. The molecule has 112 valence electrons. The Kier molecular flexibility index (Phi) is 3.08. The highest BCUT2D eigenvalue weighted by molar-refractivity contribution is 5.96. The van der Waals surface area contributed by atoms with E-state index in [1.807, 2.05) is 51.1 Å². The molecule has 2 bridgehead atoms. The Labute approximate surface area is 125 Å². The topological polar surface area (TPSA) is 46.6 Å². The number of amides is 1. The van der Waals surface area contributed by atoms with Crippen LogP contribution < -0.4 is 0 Å². The van der Waals surface area contributed by atoms with Gasteiger partial charge in [-0.1, -0.05) is 30.3 Å². The molecule has 1 heterocycles. The summed E-state index contributed by atoms with van der Waals surface area (Å²) in [7, 11) is 0. The summed E-state index contributed by atoms with van der Waals surface area (Å²) >= 11 is 0. The Hall–Kier alpha value is -1.84. The minimum absolute atomic E-state index is 0.135. The largest absolute Gasteiger partial charge is 0.444 e.